The molecule has 0 aromatic heterocycles. The van der Waals surface area contributed by atoms with Gasteiger partial charge in [0.25, 0.3) is 0 Å². The average molecular weight is 842 g/mol. The van der Waals surface area contributed by atoms with Crippen LogP contribution in [0.25, 0.3) is 0 Å². The Kier molecular flexibility index (Phi) is 50.8. The van der Waals surface area contributed by atoms with E-state index in [1.807, 2.05) is 6.08 Å². The molecule has 0 rings (SSSR count). The van der Waals surface area contributed by atoms with E-state index in [2.05, 4.69) is 43.5 Å². The molecule has 1 amide bonds. The van der Waals surface area contributed by atoms with E-state index in [9.17, 15) is 15.0 Å². The van der Waals surface area contributed by atoms with E-state index in [4.69, 9.17) is 0 Å². The third kappa shape index (κ3) is 47.7. The van der Waals surface area contributed by atoms with Crippen LogP contribution >= 0.6 is 0 Å². The van der Waals surface area contributed by atoms with Crippen LogP contribution < -0.4 is 5.32 Å². The van der Waals surface area contributed by atoms with Gasteiger partial charge in [-0.15, -0.1) is 0 Å². The van der Waals surface area contributed by atoms with Gasteiger partial charge < -0.3 is 15.5 Å². The van der Waals surface area contributed by atoms with Crippen molar-refractivity contribution in [3.63, 3.8) is 0 Å². The molecule has 2 unspecified atom stereocenters. The summed E-state index contributed by atoms with van der Waals surface area (Å²) in [5, 5.41) is 23.1. The van der Waals surface area contributed by atoms with Crippen molar-refractivity contribution >= 4 is 5.91 Å². The Bertz CT molecular complexity index is 912. The number of carbonyl (C=O) groups excluding carboxylic acids is 1. The number of allylic oxidation sites excluding steroid dienone is 5. The van der Waals surface area contributed by atoms with Gasteiger partial charge in [-0.2, -0.15) is 0 Å². The molecule has 2 atom stereocenters. The second kappa shape index (κ2) is 52.0. The zero-order valence-electron chi connectivity index (χ0n) is 40.7. The van der Waals surface area contributed by atoms with Crippen LogP contribution in [-0.2, 0) is 4.79 Å². The van der Waals surface area contributed by atoms with E-state index in [-0.39, 0.29) is 12.5 Å². The number of nitrogens with one attached hydrogen (secondary N) is 1. The van der Waals surface area contributed by atoms with E-state index in [0.29, 0.717) is 6.42 Å². The van der Waals surface area contributed by atoms with Crippen molar-refractivity contribution in [2.24, 2.45) is 0 Å². The zero-order valence-corrected chi connectivity index (χ0v) is 40.7. The maximum absolute atomic E-state index is 12.4. The van der Waals surface area contributed by atoms with E-state index in [0.717, 1.165) is 38.5 Å². The molecule has 0 bridgehead atoms. The van der Waals surface area contributed by atoms with Crippen molar-refractivity contribution in [1.29, 1.82) is 0 Å². The van der Waals surface area contributed by atoms with Gasteiger partial charge in [-0.3, -0.25) is 4.79 Å². The molecule has 4 heteroatoms. The van der Waals surface area contributed by atoms with Crippen LogP contribution in [0.3, 0.4) is 0 Å². The number of aliphatic hydroxyl groups excluding tert-OH is 2. The Morgan fingerprint density at radius 1 is 0.383 bits per heavy atom. The molecular formula is C56H107NO3. The fourth-order valence-corrected chi connectivity index (χ4v) is 8.45. The molecule has 0 aliphatic rings. The van der Waals surface area contributed by atoms with Crippen molar-refractivity contribution in [2.75, 3.05) is 6.61 Å². The fraction of sp³-hybridized carbons (Fsp3) is 0.875. The first-order valence-corrected chi connectivity index (χ1v) is 27.2. The summed E-state index contributed by atoms with van der Waals surface area (Å²) in [4.78, 5) is 12.4. The summed E-state index contributed by atoms with van der Waals surface area (Å²) in [5.41, 5.74) is 0. The Labute approximate surface area is 376 Å². The van der Waals surface area contributed by atoms with Crippen LogP contribution in [-0.4, -0.2) is 34.9 Å². The minimum Gasteiger partial charge on any atom is -0.394 e. The average Bonchev–Trinajstić information content (AvgIpc) is 3.25. The van der Waals surface area contributed by atoms with Gasteiger partial charge in [0, 0.05) is 6.42 Å². The molecule has 0 radical (unpaired) electrons. The quantitative estimate of drug-likeness (QED) is 0.0422. The molecule has 0 fully saturated rings. The zero-order chi connectivity index (χ0) is 43.5. The summed E-state index contributed by atoms with van der Waals surface area (Å²) >= 11 is 0. The lowest BCUT2D eigenvalue weighted by Gasteiger charge is -2.19. The van der Waals surface area contributed by atoms with Crippen LogP contribution in [0.4, 0.5) is 0 Å². The normalized spacial score (nSPS) is 13.1. The van der Waals surface area contributed by atoms with Crippen molar-refractivity contribution < 1.29 is 15.0 Å². The third-order valence-corrected chi connectivity index (χ3v) is 12.6. The van der Waals surface area contributed by atoms with E-state index in [1.54, 1.807) is 6.08 Å². The van der Waals surface area contributed by atoms with Crippen LogP contribution in [0.5, 0.6) is 0 Å². The number of carbonyl (C=O) groups is 1. The van der Waals surface area contributed by atoms with Crippen LogP contribution in [0.15, 0.2) is 36.5 Å². The van der Waals surface area contributed by atoms with Crippen molar-refractivity contribution in [3.05, 3.63) is 36.5 Å². The van der Waals surface area contributed by atoms with Crippen LogP contribution in [0.1, 0.15) is 296 Å². The third-order valence-electron chi connectivity index (χ3n) is 12.6. The second-order valence-corrected chi connectivity index (χ2v) is 18.6. The molecule has 0 heterocycles. The molecule has 0 saturated heterocycles. The number of hydrogen-bond donors (Lipinski definition) is 3. The van der Waals surface area contributed by atoms with Crippen LogP contribution in [0, 0.1) is 0 Å². The molecule has 0 spiro atoms. The highest BCUT2D eigenvalue weighted by molar-refractivity contribution is 5.76. The van der Waals surface area contributed by atoms with Gasteiger partial charge >= 0.3 is 0 Å². The van der Waals surface area contributed by atoms with E-state index >= 15 is 0 Å². The predicted octanol–water partition coefficient (Wildman–Crippen LogP) is 17.7. The minimum absolute atomic E-state index is 0.0738. The molecule has 354 valence electrons. The summed E-state index contributed by atoms with van der Waals surface area (Å²) in [6.07, 6.45) is 70.2. The van der Waals surface area contributed by atoms with Crippen LogP contribution in [0.2, 0.25) is 0 Å². The van der Waals surface area contributed by atoms with E-state index in [1.165, 1.54) is 238 Å². The lowest BCUT2D eigenvalue weighted by molar-refractivity contribution is -0.123. The summed E-state index contributed by atoms with van der Waals surface area (Å²) in [5.74, 6) is -0.0738. The molecule has 0 aromatic carbocycles. The number of aliphatic hydroxyl groups is 2. The Balaban J connectivity index is 3.53. The first kappa shape index (κ1) is 58.6. The van der Waals surface area contributed by atoms with Gasteiger partial charge in [0.15, 0.2) is 0 Å². The standard InChI is InChI=1S/C56H107NO3/c1-3-5-7-9-11-13-15-17-19-21-22-23-24-25-26-27-28-29-30-31-32-33-34-36-37-39-41-43-45-47-49-51-55(59)54(53-58)57-56(60)52-50-48-46-44-42-40-38-35-20-18-16-14-12-10-8-6-4-2/h34,36,41,43,49,51,54-55,58-59H,3-33,35,37-40,42,44-48,50,52-53H2,1-2H3,(H,57,60)/b36-34+,43-41+,51-49+. The minimum atomic E-state index is -0.868. The Morgan fingerprint density at radius 3 is 0.967 bits per heavy atom. The van der Waals surface area contributed by atoms with Gasteiger partial charge in [0.05, 0.1) is 18.8 Å². The van der Waals surface area contributed by atoms with Gasteiger partial charge in [-0.1, -0.05) is 281 Å². The molecule has 60 heavy (non-hydrogen) atoms. The van der Waals surface area contributed by atoms with Gasteiger partial charge in [-0.05, 0) is 44.9 Å². The molecule has 0 aliphatic heterocycles. The monoisotopic (exact) mass is 842 g/mol. The second-order valence-electron chi connectivity index (χ2n) is 18.6. The number of hydrogen-bond acceptors (Lipinski definition) is 3. The van der Waals surface area contributed by atoms with Crippen molar-refractivity contribution in [2.45, 2.75) is 309 Å². The fourth-order valence-electron chi connectivity index (χ4n) is 8.45. The highest BCUT2D eigenvalue weighted by Gasteiger charge is 2.18. The summed E-state index contributed by atoms with van der Waals surface area (Å²) in [6.45, 7) is 4.32. The van der Waals surface area contributed by atoms with Crippen molar-refractivity contribution in [1.82, 2.24) is 5.32 Å². The lowest BCUT2D eigenvalue weighted by atomic mass is 10.0. The molecular weight excluding hydrogens is 735 g/mol. The number of unbranched alkanes of at least 4 members (excludes halogenated alkanes) is 39. The molecule has 0 aliphatic carbocycles. The summed E-state index contributed by atoms with van der Waals surface area (Å²) < 4.78 is 0. The first-order chi connectivity index (χ1) is 29.7. The highest BCUT2D eigenvalue weighted by Crippen LogP contribution is 2.17. The Hall–Kier alpha value is -1.39. The predicted molar refractivity (Wildman–Crippen MR) is 267 cm³/mol. The van der Waals surface area contributed by atoms with Gasteiger partial charge in [0.1, 0.15) is 0 Å². The SMILES string of the molecule is CCCCCCCCCCCCCCCCCCCCCCC/C=C/CC/C=C/CC/C=C/C(O)C(CO)NC(=O)CCCCCCCCCCCCCCCCCCC. The number of rotatable bonds is 50. The smallest absolute Gasteiger partial charge is 0.220 e. The number of amides is 1. The summed E-state index contributed by atoms with van der Waals surface area (Å²) in [6, 6.07) is -0.643. The Morgan fingerprint density at radius 2 is 0.650 bits per heavy atom. The largest absolute Gasteiger partial charge is 0.394 e. The maximum Gasteiger partial charge on any atom is 0.220 e. The topological polar surface area (TPSA) is 69.6 Å². The lowest BCUT2D eigenvalue weighted by Crippen LogP contribution is -2.45. The first-order valence-electron chi connectivity index (χ1n) is 27.2. The summed E-state index contributed by atoms with van der Waals surface area (Å²) in [7, 11) is 0. The molecule has 0 saturated carbocycles. The van der Waals surface area contributed by atoms with Gasteiger partial charge in [0.2, 0.25) is 5.91 Å². The molecule has 4 nitrogen and oxygen atoms in total. The molecule has 3 N–H and O–H groups in total. The van der Waals surface area contributed by atoms with E-state index < -0.39 is 12.1 Å². The van der Waals surface area contributed by atoms with Gasteiger partial charge in [-0.25, -0.2) is 0 Å². The maximum atomic E-state index is 12.4. The van der Waals surface area contributed by atoms with Crippen molar-refractivity contribution in [3.8, 4) is 0 Å². The molecule has 0 aromatic rings. The highest BCUT2D eigenvalue weighted by atomic mass is 16.3.